The molecule has 2 aliphatic rings. The Balaban J connectivity index is 0.000000146. The summed E-state index contributed by atoms with van der Waals surface area (Å²) in [6.07, 6.45) is 9.84. The number of rotatable bonds is 0. The van der Waals surface area contributed by atoms with Gasteiger partial charge in [0.15, 0.2) is 5.76 Å². The van der Waals surface area contributed by atoms with Gasteiger partial charge in [0.25, 0.3) is 11.8 Å². The van der Waals surface area contributed by atoms with E-state index < -0.39 is 17.6 Å². The van der Waals surface area contributed by atoms with E-state index in [0.29, 0.717) is 0 Å². The topological polar surface area (TPSA) is 66.4 Å². The van der Waals surface area contributed by atoms with Gasteiger partial charge in [0.05, 0.1) is 6.08 Å². The quantitative estimate of drug-likeness (QED) is 0.577. The lowest BCUT2D eigenvalue weighted by Gasteiger charge is -2.05. The van der Waals surface area contributed by atoms with Crippen molar-refractivity contribution in [3.05, 3.63) is 11.8 Å². The van der Waals surface area contributed by atoms with E-state index in [1.165, 1.54) is 38.5 Å². The molecule has 4 nitrogen and oxygen atoms in total. The number of imide groups is 1. The van der Waals surface area contributed by atoms with E-state index in [0.717, 1.165) is 6.08 Å². The number of amides is 2. The molecule has 1 saturated carbocycles. The van der Waals surface area contributed by atoms with Crippen molar-refractivity contribution in [1.29, 1.82) is 0 Å². The van der Waals surface area contributed by atoms with Crippen LogP contribution in [0, 0.1) is 0 Å². The van der Waals surface area contributed by atoms with Crippen LogP contribution >= 0.6 is 0 Å². The van der Waals surface area contributed by atoms with Gasteiger partial charge in [0.2, 0.25) is 0 Å². The summed E-state index contributed by atoms with van der Waals surface area (Å²) in [6.45, 7) is 0. The van der Waals surface area contributed by atoms with E-state index in [2.05, 4.69) is 0 Å². The number of aliphatic hydroxyl groups excluding tert-OH is 1. The van der Waals surface area contributed by atoms with Gasteiger partial charge in [0, 0.05) is 0 Å². The molecule has 1 aliphatic heterocycles. The molecule has 1 heterocycles. The van der Waals surface area contributed by atoms with Gasteiger partial charge < -0.3 is 5.11 Å². The van der Waals surface area contributed by atoms with Crippen molar-refractivity contribution in [2.75, 3.05) is 0 Å². The molecule has 0 bridgehead atoms. The number of carbonyl (C=O) groups excluding carboxylic acids is 2. The molecule has 0 unspecified atom stereocenters. The summed E-state index contributed by atoms with van der Waals surface area (Å²) in [4.78, 5) is 20.2. The second-order valence-corrected chi connectivity index (χ2v) is 3.47. The Morgan fingerprint density at radius 1 is 1.00 bits per heavy atom. The van der Waals surface area contributed by atoms with Crippen molar-refractivity contribution in [2.24, 2.45) is 0 Å². The lowest BCUT2D eigenvalue weighted by molar-refractivity contribution is -0.124. The summed E-state index contributed by atoms with van der Waals surface area (Å²) >= 11 is 0. The van der Waals surface area contributed by atoms with Crippen LogP contribution < -0.4 is 5.32 Å². The highest BCUT2D eigenvalue weighted by Gasteiger charge is 2.18. The molecule has 0 radical (unpaired) electrons. The average Bonchev–Trinajstić information content (AvgIpc) is 2.48. The van der Waals surface area contributed by atoms with E-state index in [-0.39, 0.29) is 0 Å². The first-order chi connectivity index (χ1) is 6.70. The molecular weight excluding hydrogens is 182 g/mol. The Hall–Kier alpha value is -1.32. The minimum atomic E-state index is -0.727. The Bertz CT molecular complexity index is 243. The van der Waals surface area contributed by atoms with Gasteiger partial charge in [-0.2, -0.15) is 0 Å². The van der Waals surface area contributed by atoms with Crippen molar-refractivity contribution < 1.29 is 14.7 Å². The third kappa shape index (κ3) is 3.60. The maximum atomic E-state index is 10.1. The van der Waals surface area contributed by atoms with Crippen LogP contribution in [0.4, 0.5) is 0 Å². The number of carbonyl (C=O) groups is 2. The first kappa shape index (κ1) is 10.8. The fourth-order valence-corrected chi connectivity index (χ4v) is 1.46. The summed E-state index contributed by atoms with van der Waals surface area (Å²) < 4.78 is 0. The van der Waals surface area contributed by atoms with Crippen molar-refractivity contribution >= 4 is 11.8 Å². The molecule has 2 rings (SSSR count). The smallest absolute Gasteiger partial charge is 0.293 e. The number of aliphatic hydroxyl groups is 1. The van der Waals surface area contributed by atoms with Crippen molar-refractivity contribution in [3.8, 4) is 0 Å². The summed E-state index contributed by atoms with van der Waals surface area (Å²) in [5.41, 5.74) is 0. The van der Waals surface area contributed by atoms with Crippen molar-refractivity contribution in [3.63, 3.8) is 0 Å². The van der Waals surface area contributed by atoms with Crippen LogP contribution in [0.2, 0.25) is 0 Å². The Labute approximate surface area is 83.0 Å². The summed E-state index contributed by atoms with van der Waals surface area (Å²) in [7, 11) is 0. The predicted octanol–water partition coefficient (Wildman–Crippen LogP) is 1.43. The monoisotopic (exact) mass is 197 g/mol. The zero-order valence-corrected chi connectivity index (χ0v) is 8.08. The van der Waals surface area contributed by atoms with E-state index in [1.54, 1.807) is 0 Å². The molecule has 0 aromatic heterocycles. The highest BCUT2D eigenvalue weighted by atomic mass is 16.3. The van der Waals surface area contributed by atoms with Crippen LogP contribution in [-0.4, -0.2) is 16.9 Å². The van der Waals surface area contributed by atoms with Crippen molar-refractivity contribution in [1.82, 2.24) is 5.32 Å². The summed E-state index contributed by atoms with van der Waals surface area (Å²) in [5, 5.41) is 10.2. The van der Waals surface area contributed by atoms with Gasteiger partial charge in [0.1, 0.15) is 0 Å². The zero-order chi connectivity index (χ0) is 10.4. The molecule has 0 aromatic rings. The van der Waals surface area contributed by atoms with Crippen LogP contribution in [0.1, 0.15) is 38.5 Å². The molecule has 2 N–H and O–H groups in total. The largest absolute Gasteiger partial charge is 0.503 e. The number of nitrogens with one attached hydrogen (secondary N) is 1. The molecule has 4 heteroatoms. The number of hydrogen-bond donors (Lipinski definition) is 2. The van der Waals surface area contributed by atoms with Crippen LogP contribution in [0.5, 0.6) is 0 Å². The molecule has 0 spiro atoms. The highest BCUT2D eigenvalue weighted by Crippen LogP contribution is 2.15. The Morgan fingerprint density at radius 2 is 1.43 bits per heavy atom. The minimum Gasteiger partial charge on any atom is -0.503 e. The minimum absolute atomic E-state index is 0.519. The molecule has 14 heavy (non-hydrogen) atoms. The van der Waals surface area contributed by atoms with Gasteiger partial charge in [-0.1, -0.05) is 38.5 Å². The van der Waals surface area contributed by atoms with Gasteiger partial charge >= 0.3 is 0 Å². The molecule has 78 valence electrons. The fraction of sp³-hybridized carbons (Fsp3) is 0.600. The molecular formula is C10H15NO3. The average molecular weight is 197 g/mol. The van der Waals surface area contributed by atoms with E-state index in [4.69, 9.17) is 5.11 Å². The number of hydrogen-bond acceptors (Lipinski definition) is 3. The molecule has 2 amide bonds. The zero-order valence-electron chi connectivity index (χ0n) is 8.08. The first-order valence-electron chi connectivity index (χ1n) is 4.96. The van der Waals surface area contributed by atoms with E-state index in [1.807, 2.05) is 5.32 Å². The van der Waals surface area contributed by atoms with Crippen LogP contribution in [-0.2, 0) is 9.59 Å². The molecule has 1 fully saturated rings. The molecule has 0 saturated heterocycles. The second kappa shape index (κ2) is 5.42. The fourth-order valence-electron chi connectivity index (χ4n) is 1.46. The SMILES string of the molecule is C1CCCCC1.O=C1C=C(O)C(=O)N1. The Kier molecular flexibility index (Phi) is 4.16. The van der Waals surface area contributed by atoms with E-state index >= 15 is 0 Å². The lowest BCUT2D eigenvalue weighted by atomic mass is 10.0. The van der Waals surface area contributed by atoms with Crippen molar-refractivity contribution in [2.45, 2.75) is 38.5 Å². The molecule has 1 aliphatic carbocycles. The summed E-state index contributed by atoms with van der Waals surface area (Å²) in [6, 6.07) is 0. The third-order valence-electron chi connectivity index (χ3n) is 2.24. The molecule has 0 aromatic carbocycles. The third-order valence-corrected chi connectivity index (χ3v) is 2.24. The normalized spacial score (nSPS) is 20.7. The van der Waals surface area contributed by atoms with Gasteiger partial charge in [-0.05, 0) is 0 Å². The maximum absolute atomic E-state index is 10.1. The first-order valence-corrected chi connectivity index (χ1v) is 4.96. The molecule has 0 atom stereocenters. The predicted molar refractivity (Wildman–Crippen MR) is 51.6 cm³/mol. The van der Waals surface area contributed by atoms with Crippen LogP contribution in [0.3, 0.4) is 0 Å². The van der Waals surface area contributed by atoms with Crippen LogP contribution in [0.25, 0.3) is 0 Å². The van der Waals surface area contributed by atoms with Gasteiger partial charge in [-0.25, -0.2) is 0 Å². The van der Waals surface area contributed by atoms with Gasteiger partial charge in [-0.15, -0.1) is 0 Å². The maximum Gasteiger partial charge on any atom is 0.293 e. The van der Waals surface area contributed by atoms with E-state index in [9.17, 15) is 9.59 Å². The lowest BCUT2D eigenvalue weighted by Crippen LogP contribution is -2.21. The highest BCUT2D eigenvalue weighted by molar-refractivity contribution is 6.14. The van der Waals surface area contributed by atoms with Gasteiger partial charge in [-0.3, -0.25) is 14.9 Å². The standard InChI is InChI=1S/C6H12.C4H3NO3/c1-2-4-6-5-3-1;6-2-1-3(7)5-4(2)8/h1-6H2;1H,(H2,5,6,7,8). The summed E-state index contributed by atoms with van der Waals surface area (Å²) in [5.74, 6) is -1.81. The second-order valence-electron chi connectivity index (χ2n) is 3.47. The Morgan fingerprint density at radius 3 is 1.57 bits per heavy atom. The van der Waals surface area contributed by atoms with Crippen LogP contribution in [0.15, 0.2) is 11.8 Å².